The number of carbonyl (C=O) groups excluding carboxylic acids is 2. The molecule has 2 aromatic heterocycles. The van der Waals surface area contributed by atoms with Crippen molar-refractivity contribution in [1.29, 1.82) is 0 Å². The van der Waals surface area contributed by atoms with Crippen LogP contribution in [0.2, 0.25) is 0 Å². The zero-order valence-corrected chi connectivity index (χ0v) is 14.0. The highest BCUT2D eigenvalue weighted by Gasteiger charge is 2.27. The van der Waals surface area contributed by atoms with Gasteiger partial charge in [-0.3, -0.25) is 14.9 Å². The molecule has 7 nitrogen and oxygen atoms in total. The van der Waals surface area contributed by atoms with Gasteiger partial charge < -0.3 is 10.3 Å². The Balaban J connectivity index is 2.26. The highest BCUT2D eigenvalue weighted by atomic mass is 32.1. The van der Waals surface area contributed by atoms with Crippen LogP contribution in [0.15, 0.2) is 16.1 Å². The molecule has 124 valence electrons. The van der Waals surface area contributed by atoms with Gasteiger partial charge in [-0.1, -0.05) is 31.8 Å². The highest BCUT2D eigenvalue weighted by Crippen LogP contribution is 2.30. The van der Waals surface area contributed by atoms with Gasteiger partial charge in [-0.15, -0.1) is 11.3 Å². The molecule has 23 heavy (non-hydrogen) atoms. The van der Waals surface area contributed by atoms with Gasteiger partial charge in [0.15, 0.2) is 5.69 Å². The van der Waals surface area contributed by atoms with Crippen LogP contribution in [0, 0.1) is 5.92 Å². The summed E-state index contributed by atoms with van der Waals surface area (Å²) in [5.41, 5.74) is 5.73. The molecule has 0 atom stereocenters. The van der Waals surface area contributed by atoms with Crippen LogP contribution < -0.4 is 11.1 Å². The average Bonchev–Trinajstić information content (AvgIpc) is 3.15. The first-order chi connectivity index (χ1) is 11.1. The molecule has 0 saturated heterocycles. The van der Waals surface area contributed by atoms with E-state index in [1.165, 1.54) is 11.3 Å². The summed E-state index contributed by atoms with van der Waals surface area (Å²) in [6.45, 7) is 4.06. The van der Waals surface area contributed by atoms with Crippen molar-refractivity contribution >= 4 is 29.0 Å². The smallest absolute Gasteiger partial charge is 0.256 e. The van der Waals surface area contributed by atoms with Crippen LogP contribution in [0.25, 0.3) is 10.7 Å². The van der Waals surface area contributed by atoms with E-state index in [2.05, 4.69) is 15.5 Å². The van der Waals surface area contributed by atoms with Crippen molar-refractivity contribution in [1.82, 2.24) is 10.1 Å². The van der Waals surface area contributed by atoms with Crippen molar-refractivity contribution in [3.05, 3.63) is 17.1 Å². The van der Waals surface area contributed by atoms with Crippen molar-refractivity contribution in [2.24, 2.45) is 11.7 Å². The molecule has 2 rings (SSSR count). The van der Waals surface area contributed by atoms with Gasteiger partial charge in [0.2, 0.25) is 11.8 Å². The molecule has 8 heteroatoms. The summed E-state index contributed by atoms with van der Waals surface area (Å²) in [4.78, 5) is 28.2. The monoisotopic (exact) mass is 336 g/mol. The summed E-state index contributed by atoms with van der Waals surface area (Å²) in [6, 6.07) is 0. The lowest BCUT2D eigenvalue weighted by Crippen LogP contribution is -2.24. The first kappa shape index (κ1) is 17.1. The summed E-state index contributed by atoms with van der Waals surface area (Å²) in [6.07, 6.45) is 4.96. The number of anilines is 1. The molecule has 2 aromatic rings. The molecule has 0 radical (unpaired) electrons. The Hall–Kier alpha value is -2.22. The number of nitrogens with two attached hydrogens (primary N) is 1. The molecular weight excluding hydrogens is 316 g/mol. The molecule has 2 heterocycles. The third kappa shape index (κ3) is 3.95. The van der Waals surface area contributed by atoms with E-state index in [1.807, 2.05) is 13.8 Å². The Morgan fingerprint density at radius 2 is 2.04 bits per heavy atom. The predicted octanol–water partition coefficient (Wildman–Crippen LogP) is 3.05. The van der Waals surface area contributed by atoms with Gasteiger partial charge in [0, 0.05) is 17.5 Å². The SMILES string of the molecule is CCCC(CCC)C(=O)Nc1onc(-c2nccs2)c1C(N)=O. The maximum Gasteiger partial charge on any atom is 0.256 e. The van der Waals surface area contributed by atoms with Crippen molar-refractivity contribution in [3.63, 3.8) is 0 Å². The first-order valence-corrected chi connectivity index (χ1v) is 8.46. The summed E-state index contributed by atoms with van der Waals surface area (Å²) < 4.78 is 5.14. The zero-order valence-electron chi connectivity index (χ0n) is 13.2. The minimum Gasteiger partial charge on any atom is -0.365 e. The maximum atomic E-state index is 12.4. The number of primary amides is 1. The molecular formula is C15H20N4O3S. The molecule has 0 aromatic carbocycles. The topological polar surface area (TPSA) is 111 Å². The summed E-state index contributed by atoms with van der Waals surface area (Å²) >= 11 is 1.31. The molecule has 0 unspecified atom stereocenters. The van der Waals surface area contributed by atoms with Crippen LogP contribution in [0.4, 0.5) is 5.88 Å². The van der Waals surface area contributed by atoms with Crippen molar-refractivity contribution in [2.45, 2.75) is 39.5 Å². The molecule has 0 saturated carbocycles. The Kier molecular flexibility index (Phi) is 5.86. The van der Waals surface area contributed by atoms with Crippen molar-refractivity contribution < 1.29 is 14.1 Å². The lowest BCUT2D eigenvalue weighted by Gasteiger charge is -2.13. The van der Waals surface area contributed by atoms with Crippen molar-refractivity contribution in [3.8, 4) is 10.7 Å². The van der Waals surface area contributed by atoms with E-state index >= 15 is 0 Å². The molecule has 0 bridgehead atoms. The quantitative estimate of drug-likeness (QED) is 0.769. The van der Waals surface area contributed by atoms with Crippen molar-refractivity contribution in [2.75, 3.05) is 5.32 Å². The number of carbonyl (C=O) groups is 2. The second-order valence-corrected chi connectivity index (χ2v) is 6.09. The Morgan fingerprint density at radius 1 is 1.35 bits per heavy atom. The number of hydrogen-bond donors (Lipinski definition) is 2. The molecule has 2 amide bonds. The highest BCUT2D eigenvalue weighted by molar-refractivity contribution is 7.13. The van der Waals surface area contributed by atoms with Gasteiger partial charge in [0.25, 0.3) is 5.91 Å². The molecule has 0 aliphatic rings. The number of amides is 2. The van der Waals surface area contributed by atoms with Crippen LogP contribution in [-0.4, -0.2) is 22.0 Å². The number of hydrogen-bond acceptors (Lipinski definition) is 6. The minimum atomic E-state index is -0.714. The summed E-state index contributed by atoms with van der Waals surface area (Å²) in [5, 5.41) is 8.76. The largest absolute Gasteiger partial charge is 0.365 e. The van der Waals surface area contributed by atoms with Crippen LogP contribution in [-0.2, 0) is 4.79 Å². The number of rotatable bonds is 8. The van der Waals surface area contributed by atoms with Gasteiger partial charge in [-0.2, -0.15) is 0 Å². The lowest BCUT2D eigenvalue weighted by atomic mass is 9.97. The van der Waals surface area contributed by atoms with Gasteiger partial charge in [-0.05, 0) is 12.8 Å². The fourth-order valence-electron chi connectivity index (χ4n) is 2.41. The molecule has 3 N–H and O–H groups in total. The second-order valence-electron chi connectivity index (χ2n) is 5.20. The predicted molar refractivity (Wildman–Crippen MR) is 88.1 cm³/mol. The average molecular weight is 336 g/mol. The Morgan fingerprint density at radius 3 is 2.57 bits per heavy atom. The number of nitrogens with one attached hydrogen (secondary N) is 1. The van der Waals surface area contributed by atoms with Gasteiger partial charge in [0.1, 0.15) is 10.6 Å². The van der Waals surface area contributed by atoms with Crippen LogP contribution in [0.1, 0.15) is 49.9 Å². The second kappa shape index (κ2) is 7.87. The van der Waals surface area contributed by atoms with Crippen LogP contribution >= 0.6 is 11.3 Å². The number of thiazole rings is 1. The van der Waals surface area contributed by atoms with E-state index in [-0.39, 0.29) is 29.0 Å². The van der Waals surface area contributed by atoms with Gasteiger partial charge >= 0.3 is 0 Å². The third-order valence-electron chi connectivity index (χ3n) is 3.46. The molecule has 0 aliphatic carbocycles. The molecule has 0 spiro atoms. The molecule has 0 fully saturated rings. The first-order valence-electron chi connectivity index (χ1n) is 7.58. The fraction of sp³-hybridized carbons (Fsp3) is 0.467. The van der Waals surface area contributed by atoms with E-state index in [1.54, 1.807) is 11.6 Å². The maximum absolute atomic E-state index is 12.4. The fourth-order valence-corrected chi connectivity index (χ4v) is 3.03. The van der Waals surface area contributed by atoms with Crippen LogP contribution in [0.3, 0.4) is 0 Å². The van der Waals surface area contributed by atoms with E-state index in [0.29, 0.717) is 5.01 Å². The number of nitrogens with zero attached hydrogens (tertiary/aromatic N) is 2. The zero-order chi connectivity index (χ0) is 16.8. The summed E-state index contributed by atoms with van der Waals surface area (Å²) in [5.74, 6) is -1.03. The van der Waals surface area contributed by atoms with Crippen LogP contribution in [0.5, 0.6) is 0 Å². The summed E-state index contributed by atoms with van der Waals surface area (Å²) in [7, 11) is 0. The normalized spacial score (nSPS) is 10.9. The molecule has 0 aliphatic heterocycles. The van der Waals surface area contributed by atoms with E-state index in [4.69, 9.17) is 10.3 Å². The van der Waals surface area contributed by atoms with Gasteiger partial charge in [-0.25, -0.2) is 4.98 Å². The Labute approximate surface area is 138 Å². The lowest BCUT2D eigenvalue weighted by molar-refractivity contribution is -0.120. The standard InChI is InChI=1S/C15H20N4O3S/c1-3-5-9(6-4-2)13(21)18-14-10(12(16)20)11(19-22-14)15-17-7-8-23-15/h7-9H,3-6H2,1-2H3,(H2,16,20)(H,18,21). The van der Waals surface area contributed by atoms with E-state index in [0.717, 1.165) is 25.7 Å². The van der Waals surface area contributed by atoms with E-state index in [9.17, 15) is 9.59 Å². The third-order valence-corrected chi connectivity index (χ3v) is 4.23. The van der Waals surface area contributed by atoms with Gasteiger partial charge in [0.05, 0.1) is 0 Å². The van der Waals surface area contributed by atoms with E-state index < -0.39 is 5.91 Å². The Bertz CT molecular complexity index is 660. The minimum absolute atomic E-state index is 0.00935. The number of aromatic nitrogens is 2.